The molecule has 1 aliphatic heterocycles. The molecule has 2 rings (SSSR count). The van der Waals surface area contributed by atoms with Crippen molar-refractivity contribution in [2.24, 2.45) is 5.92 Å². The Hall–Kier alpha value is -1.75. The van der Waals surface area contributed by atoms with Gasteiger partial charge in [-0.15, -0.1) is 0 Å². The van der Waals surface area contributed by atoms with E-state index in [4.69, 9.17) is 9.47 Å². The monoisotopic (exact) mass is 293 g/mol. The number of rotatable bonds is 6. The molecule has 1 aliphatic rings. The van der Waals surface area contributed by atoms with Crippen molar-refractivity contribution >= 4 is 5.91 Å². The van der Waals surface area contributed by atoms with Gasteiger partial charge in [0, 0.05) is 19.8 Å². The number of aromatic hydroxyl groups is 1. The van der Waals surface area contributed by atoms with Gasteiger partial charge in [-0.25, -0.2) is 0 Å². The van der Waals surface area contributed by atoms with Gasteiger partial charge in [0.2, 0.25) is 0 Å². The third-order valence-corrected chi connectivity index (χ3v) is 3.71. The number of ether oxygens (including phenoxy) is 2. The molecule has 5 nitrogen and oxygen atoms in total. The van der Waals surface area contributed by atoms with Crippen LogP contribution >= 0.6 is 0 Å². The van der Waals surface area contributed by atoms with Crippen molar-refractivity contribution in [1.82, 2.24) is 5.32 Å². The maximum atomic E-state index is 11.9. The number of benzene rings is 1. The van der Waals surface area contributed by atoms with Gasteiger partial charge in [-0.05, 0) is 56.4 Å². The second kappa shape index (κ2) is 7.88. The molecule has 0 radical (unpaired) electrons. The van der Waals surface area contributed by atoms with Crippen LogP contribution in [0, 0.1) is 5.92 Å². The molecule has 1 atom stereocenters. The van der Waals surface area contributed by atoms with E-state index in [2.05, 4.69) is 5.32 Å². The molecule has 116 valence electrons. The zero-order valence-corrected chi connectivity index (χ0v) is 12.4. The van der Waals surface area contributed by atoms with Crippen molar-refractivity contribution in [1.29, 1.82) is 0 Å². The Morgan fingerprint density at radius 2 is 2.05 bits per heavy atom. The van der Waals surface area contributed by atoms with Gasteiger partial charge in [0.1, 0.15) is 11.5 Å². The maximum Gasteiger partial charge on any atom is 0.260 e. The van der Waals surface area contributed by atoms with Crippen molar-refractivity contribution in [2.45, 2.75) is 32.3 Å². The average molecular weight is 293 g/mol. The highest BCUT2D eigenvalue weighted by Gasteiger charge is 2.16. The summed E-state index contributed by atoms with van der Waals surface area (Å²) in [6.45, 7) is 4.06. The van der Waals surface area contributed by atoms with Gasteiger partial charge in [0.15, 0.2) is 6.10 Å². The fourth-order valence-electron chi connectivity index (χ4n) is 2.36. The molecule has 1 heterocycles. The number of phenols is 1. The molecule has 21 heavy (non-hydrogen) atoms. The SMILES string of the molecule is CC(Oc1ccc(O)cc1)C(=O)NCCC1CCOCC1. The topological polar surface area (TPSA) is 67.8 Å². The lowest BCUT2D eigenvalue weighted by molar-refractivity contribution is -0.127. The van der Waals surface area contributed by atoms with Crippen molar-refractivity contribution < 1.29 is 19.4 Å². The fraction of sp³-hybridized carbons (Fsp3) is 0.562. The molecule has 2 N–H and O–H groups in total. The van der Waals surface area contributed by atoms with Gasteiger partial charge < -0.3 is 19.9 Å². The predicted molar refractivity (Wildman–Crippen MR) is 79.4 cm³/mol. The molecule has 1 fully saturated rings. The van der Waals surface area contributed by atoms with E-state index >= 15 is 0 Å². The van der Waals surface area contributed by atoms with Crippen LogP contribution in [0.25, 0.3) is 0 Å². The average Bonchev–Trinajstić information content (AvgIpc) is 2.50. The van der Waals surface area contributed by atoms with E-state index in [9.17, 15) is 9.90 Å². The molecule has 5 heteroatoms. The first kappa shape index (κ1) is 15.6. The van der Waals surface area contributed by atoms with E-state index < -0.39 is 6.10 Å². The number of phenolic OH excluding ortho intramolecular Hbond substituents is 1. The number of amides is 1. The van der Waals surface area contributed by atoms with Crippen LogP contribution in [-0.4, -0.2) is 36.9 Å². The van der Waals surface area contributed by atoms with E-state index in [1.54, 1.807) is 19.1 Å². The third kappa shape index (κ3) is 5.27. The number of hydrogen-bond acceptors (Lipinski definition) is 4. The second-order valence-electron chi connectivity index (χ2n) is 5.39. The smallest absolute Gasteiger partial charge is 0.260 e. The highest BCUT2D eigenvalue weighted by atomic mass is 16.5. The van der Waals surface area contributed by atoms with Gasteiger partial charge in [-0.2, -0.15) is 0 Å². The third-order valence-electron chi connectivity index (χ3n) is 3.71. The normalized spacial score (nSPS) is 17.2. The Labute approximate surface area is 125 Å². The molecule has 1 amide bonds. The van der Waals surface area contributed by atoms with Gasteiger partial charge in [-0.3, -0.25) is 4.79 Å². The predicted octanol–water partition coefficient (Wildman–Crippen LogP) is 2.09. The van der Waals surface area contributed by atoms with E-state index in [-0.39, 0.29) is 11.7 Å². The molecule has 0 spiro atoms. The number of carbonyl (C=O) groups is 1. The summed E-state index contributed by atoms with van der Waals surface area (Å²) in [6.07, 6.45) is 2.59. The van der Waals surface area contributed by atoms with Crippen molar-refractivity contribution in [2.75, 3.05) is 19.8 Å². The largest absolute Gasteiger partial charge is 0.508 e. The lowest BCUT2D eigenvalue weighted by Crippen LogP contribution is -2.37. The summed E-state index contributed by atoms with van der Waals surface area (Å²) in [5.41, 5.74) is 0. The van der Waals surface area contributed by atoms with E-state index in [0.717, 1.165) is 32.5 Å². The fourth-order valence-corrected chi connectivity index (χ4v) is 2.36. The molecular formula is C16H23NO4. The minimum absolute atomic E-state index is 0.116. The van der Waals surface area contributed by atoms with E-state index in [0.29, 0.717) is 18.2 Å². The lowest BCUT2D eigenvalue weighted by Gasteiger charge is -2.22. The maximum absolute atomic E-state index is 11.9. The van der Waals surface area contributed by atoms with Gasteiger partial charge in [-0.1, -0.05) is 0 Å². The number of carbonyl (C=O) groups excluding carboxylic acids is 1. The molecule has 0 bridgehead atoms. The van der Waals surface area contributed by atoms with Crippen LogP contribution in [0.5, 0.6) is 11.5 Å². The van der Waals surface area contributed by atoms with E-state index in [1.165, 1.54) is 12.1 Å². The van der Waals surface area contributed by atoms with Gasteiger partial charge >= 0.3 is 0 Å². The first-order valence-electron chi connectivity index (χ1n) is 7.46. The second-order valence-corrected chi connectivity index (χ2v) is 5.39. The summed E-state index contributed by atoms with van der Waals surface area (Å²) < 4.78 is 10.8. The Bertz CT molecular complexity index is 440. The van der Waals surface area contributed by atoms with Crippen LogP contribution < -0.4 is 10.1 Å². The zero-order valence-electron chi connectivity index (χ0n) is 12.4. The van der Waals surface area contributed by atoms with Crippen molar-refractivity contribution in [3.63, 3.8) is 0 Å². The van der Waals surface area contributed by atoms with Crippen molar-refractivity contribution in [3.05, 3.63) is 24.3 Å². The summed E-state index contributed by atoms with van der Waals surface area (Å²) in [7, 11) is 0. The van der Waals surface area contributed by atoms with Crippen LogP contribution in [0.3, 0.4) is 0 Å². The Morgan fingerprint density at radius 3 is 2.71 bits per heavy atom. The molecule has 1 aromatic carbocycles. The summed E-state index contributed by atoms with van der Waals surface area (Å²) in [5.74, 6) is 1.28. The highest BCUT2D eigenvalue weighted by Crippen LogP contribution is 2.18. The quantitative estimate of drug-likeness (QED) is 0.843. The molecule has 1 aromatic rings. The molecular weight excluding hydrogens is 270 g/mol. The Morgan fingerprint density at radius 1 is 1.38 bits per heavy atom. The van der Waals surface area contributed by atoms with Gasteiger partial charge in [0.05, 0.1) is 0 Å². The summed E-state index contributed by atoms with van der Waals surface area (Å²) >= 11 is 0. The summed E-state index contributed by atoms with van der Waals surface area (Å²) in [5, 5.41) is 12.1. The van der Waals surface area contributed by atoms with Crippen LogP contribution in [0.15, 0.2) is 24.3 Å². The first-order valence-corrected chi connectivity index (χ1v) is 7.46. The molecule has 0 saturated carbocycles. The molecule has 0 aromatic heterocycles. The standard InChI is InChI=1S/C16H23NO4/c1-12(21-15-4-2-14(18)3-5-15)16(19)17-9-6-13-7-10-20-11-8-13/h2-5,12-13,18H,6-11H2,1H3,(H,17,19). The van der Waals surface area contributed by atoms with Crippen LogP contribution in [0.1, 0.15) is 26.2 Å². The summed E-state index contributed by atoms with van der Waals surface area (Å²) in [4.78, 5) is 11.9. The highest BCUT2D eigenvalue weighted by molar-refractivity contribution is 5.80. The Balaban J connectivity index is 1.68. The lowest BCUT2D eigenvalue weighted by atomic mass is 9.97. The molecule has 1 unspecified atom stereocenters. The minimum atomic E-state index is -0.552. The number of hydrogen-bond donors (Lipinski definition) is 2. The zero-order chi connectivity index (χ0) is 15.1. The van der Waals surface area contributed by atoms with Gasteiger partial charge in [0.25, 0.3) is 5.91 Å². The number of nitrogens with one attached hydrogen (secondary N) is 1. The van der Waals surface area contributed by atoms with Crippen molar-refractivity contribution in [3.8, 4) is 11.5 Å². The molecule has 1 saturated heterocycles. The van der Waals surface area contributed by atoms with Crippen LogP contribution in [0.4, 0.5) is 0 Å². The van der Waals surface area contributed by atoms with Crippen LogP contribution in [-0.2, 0) is 9.53 Å². The minimum Gasteiger partial charge on any atom is -0.508 e. The summed E-state index contributed by atoms with van der Waals surface area (Å²) in [6, 6.07) is 6.35. The Kier molecular flexibility index (Phi) is 5.87. The van der Waals surface area contributed by atoms with Crippen LogP contribution in [0.2, 0.25) is 0 Å². The first-order chi connectivity index (χ1) is 10.1. The van der Waals surface area contributed by atoms with E-state index in [1.807, 2.05) is 0 Å². The molecule has 0 aliphatic carbocycles.